The van der Waals surface area contributed by atoms with Gasteiger partial charge in [0.15, 0.2) is 23.0 Å². The maximum atomic E-state index is 12.4. The highest BCUT2D eigenvalue weighted by molar-refractivity contribution is 5.99. The van der Waals surface area contributed by atoms with Gasteiger partial charge in [0.2, 0.25) is 0 Å². The van der Waals surface area contributed by atoms with Crippen molar-refractivity contribution < 1.29 is 28.5 Å². The van der Waals surface area contributed by atoms with E-state index in [1.807, 2.05) is 6.92 Å². The van der Waals surface area contributed by atoms with E-state index >= 15 is 0 Å². The average Bonchev–Trinajstić information content (AvgIpc) is 2.81. The number of hydrogen-bond donors (Lipinski definition) is 2. The predicted molar refractivity (Wildman–Crippen MR) is 117 cm³/mol. The Hall–Kier alpha value is -3.42. The number of amides is 2. The van der Waals surface area contributed by atoms with Gasteiger partial charge in [0.25, 0.3) is 11.8 Å². The van der Waals surface area contributed by atoms with Gasteiger partial charge in [0.05, 0.1) is 27.4 Å². The van der Waals surface area contributed by atoms with Crippen LogP contribution in [0.2, 0.25) is 0 Å². The Bertz CT molecular complexity index is 884. The molecule has 2 N–H and O–H groups in total. The molecular weight excluding hydrogens is 400 g/mol. The normalized spacial score (nSPS) is 10.2. The van der Waals surface area contributed by atoms with E-state index in [2.05, 4.69) is 17.8 Å². The number of carbonyl (C=O) groups excluding carboxylic acids is 2. The molecule has 0 spiro atoms. The third-order valence-corrected chi connectivity index (χ3v) is 4.36. The van der Waals surface area contributed by atoms with Crippen molar-refractivity contribution in [3.05, 3.63) is 47.5 Å². The summed E-state index contributed by atoms with van der Waals surface area (Å²) in [7, 11) is 3.01. The molecule has 8 heteroatoms. The van der Waals surface area contributed by atoms with Crippen molar-refractivity contribution in [2.75, 3.05) is 27.4 Å². The first-order valence-corrected chi connectivity index (χ1v) is 10.3. The molecule has 0 aliphatic heterocycles. The van der Waals surface area contributed by atoms with Gasteiger partial charge in [-0.2, -0.15) is 0 Å². The summed E-state index contributed by atoms with van der Waals surface area (Å²) in [5, 5.41) is 0. The Balaban J connectivity index is 2.01. The number of methoxy groups -OCH3 is 2. The van der Waals surface area contributed by atoms with Gasteiger partial charge in [-0.05, 0) is 49.2 Å². The third-order valence-electron chi connectivity index (χ3n) is 4.36. The van der Waals surface area contributed by atoms with E-state index < -0.39 is 11.8 Å². The molecular formula is C23H30N2O6. The number of rotatable bonds is 11. The first-order chi connectivity index (χ1) is 15.0. The molecule has 8 nitrogen and oxygen atoms in total. The number of ether oxygens (including phenoxy) is 4. The van der Waals surface area contributed by atoms with Crippen molar-refractivity contribution in [1.82, 2.24) is 10.9 Å². The van der Waals surface area contributed by atoms with Crippen molar-refractivity contribution in [1.29, 1.82) is 0 Å². The standard InChI is InChI=1S/C23H30N2O6/c1-5-7-13-31-19-11-9-17(15-21(19)29-4)23(27)25-24-22(26)16-8-10-18(30-12-6-2)20(14-16)28-3/h8-11,14-15H,5-7,12-13H2,1-4H3,(H,24,26)(H,25,27). The van der Waals surface area contributed by atoms with Gasteiger partial charge in [0, 0.05) is 11.1 Å². The predicted octanol–water partition coefficient (Wildman–Crippen LogP) is 3.75. The molecule has 168 valence electrons. The minimum Gasteiger partial charge on any atom is -0.493 e. The number of unbranched alkanes of at least 4 members (excludes halogenated alkanes) is 1. The van der Waals surface area contributed by atoms with Crippen molar-refractivity contribution in [3.63, 3.8) is 0 Å². The monoisotopic (exact) mass is 430 g/mol. The third kappa shape index (κ3) is 6.80. The van der Waals surface area contributed by atoms with Gasteiger partial charge >= 0.3 is 0 Å². The van der Waals surface area contributed by atoms with Gasteiger partial charge in [-0.1, -0.05) is 20.3 Å². The molecule has 0 aliphatic rings. The Morgan fingerprint density at radius 3 is 1.61 bits per heavy atom. The maximum absolute atomic E-state index is 12.4. The number of hydrogen-bond acceptors (Lipinski definition) is 6. The first-order valence-electron chi connectivity index (χ1n) is 10.3. The first kappa shape index (κ1) is 23.9. The summed E-state index contributed by atoms with van der Waals surface area (Å²) in [6.07, 6.45) is 2.80. The highest BCUT2D eigenvalue weighted by Gasteiger charge is 2.14. The van der Waals surface area contributed by atoms with E-state index in [1.54, 1.807) is 36.4 Å². The summed E-state index contributed by atoms with van der Waals surface area (Å²) >= 11 is 0. The molecule has 0 radical (unpaired) electrons. The summed E-state index contributed by atoms with van der Waals surface area (Å²) in [4.78, 5) is 24.9. The SMILES string of the molecule is CCCCOc1ccc(C(=O)NNC(=O)c2ccc(OCCC)c(OC)c2)cc1OC. The van der Waals surface area contributed by atoms with Crippen molar-refractivity contribution >= 4 is 11.8 Å². The smallest absolute Gasteiger partial charge is 0.269 e. The summed E-state index contributed by atoms with van der Waals surface area (Å²) in [5.74, 6) is 1.03. The summed E-state index contributed by atoms with van der Waals surface area (Å²) in [6.45, 7) is 5.19. The summed E-state index contributed by atoms with van der Waals surface area (Å²) < 4.78 is 21.8. The molecule has 0 saturated carbocycles. The molecule has 2 aromatic rings. The Labute approximate surface area is 182 Å². The minimum absolute atomic E-state index is 0.318. The van der Waals surface area contributed by atoms with Crippen LogP contribution in [0.15, 0.2) is 36.4 Å². The number of nitrogens with one attached hydrogen (secondary N) is 2. The van der Waals surface area contributed by atoms with E-state index in [0.717, 1.165) is 19.3 Å². The van der Waals surface area contributed by atoms with Crippen molar-refractivity contribution in [3.8, 4) is 23.0 Å². The molecule has 2 aromatic carbocycles. The second kappa shape index (κ2) is 12.3. The lowest BCUT2D eigenvalue weighted by Gasteiger charge is -2.13. The largest absolute Gasteiger partial charge is 0.493 e. The number of carbonyl (C=O) groups is 2. The highest BCUT2D eigenvalue weighted by atomic mass is 16.5. The van der Waals surface area contributed by atoms with E-state index in [9.17, 15) is 9.59 Å². The summed E-state index contributed by atoms with van der Waals surface area (Å²) in [5.41, 5.74) is 5.44. The molecule has 31 heavy (non-hydrogen) atoms. The van der Waals surface area contributed by atoms with E-state index in [-0.39, 0.29) is 0 Å². The zero-order chi connectivity index (χ0) is 22.6. The zero-order valence-corrected chi connectivity index (χ0v) is 18.4. The van der Waals surface area contributed by atoms with Crippen LogP contribution in [-0.4, -0.2) is 39.2 Å². The minimum atomic E-state index is -0.486. The Morgan fingerprint density at radius 2 is 1.19 bits per heavy atom. The van der Waals surface area contributed by atoms with Crippen LogP contribution < -0.4 is 29.8 Å². The van der Waals surface area contributed by atoms with Crippen molar-refractivity contribution in [2.45, 2.75) is 33.1 Å². The van der Waals surface area contributed by atoms with Crippen LogP contribution >= 0.6 is 0 Å². The molecule has 0 atom stereocenters. The van der Waals surface area contributed by atoms with E-state index in [0.29, 0.717) is 47.3 Å². The lowest BCUT2D eigenvalue weighted by atomic mass is 10.2. The maximum Gasteiger partial charge on any atom is 0.269 e. The van der Waals surface area contributed by atoms with Gasteiger partial charge in [-0.3, -0.25) is 20.4 Å². The second-order valence-electron chi connectivity index (χ2n) is 6.69. The topological polar surface area (TPSA) is 95.1 Å². The Kier molecular flexibility index (Phi) is 9.48. The zero-order valence-electron chi connectivity index (χ0n) is 18.4. The van der Waals surface area contributed by atoms with Gasteiger partial charge in [0.1, 0.15) is 0 Å². The molecule has 0 fully saturated rings. The Morgan fingerprint density at radius 1 is 0.710 bits per heavy atom. The second-order valence-corrected chi connectivity index (χ2v) is 6.69. The van der Waals surface area contributed by atoms with Crippen LogP contribution in [0.3, 0.4) is 0 Å². The molecule has 0 bridgehead atoms. The molecule has 2 rings (SSSR count). The molecule has 0 aromatic heterocycles. The summed E-state index contributed by atoms with van der Waals surface area (Å²) in [6, 6.07) is 9.65. The molecule has 0 heterocycles. The molecule has 0 aliphatic carbocycles. The highest BCUT2D eigenvalue weighted by Crippen LogP contribution is 2.29. The molecule has 0 unspecified atom stereocenters. The van der Waals surface area contributed by atoms with Crippen LogP contribution in [0.4, 0.5) is 0 Å². The van der Waals surface area contributed by atoms with Gasteiger partial charge < -0.3 is 18.9 Å². The van der Waals surface area contributed by atoms with Crippen LogP contribution in [-0.2, 0) is 0 Å². The van der Waals surface area contributed by atoms with Crippen LogP contribution in [0.5, 0.6) is 23.0 Å². The van der Waals surface area contributed by atoms with E-state index in [1.165, 1.54) is 14.2 Å². The lowest BCUT2D eigenvalue weighted by Crippen LogP contribution is -2.41. The van der Waals surface area contributed by atoms with Crippen molar-refractivity contribution in [2.24, 2.45) is 0 Å². The molecule has 2 amide bonds. The lowest BCUT2D eigenvalue weighted by molar-refractivity contribution is 0.0846. The quantitative estimate of drug-likeness (QED) is 0.417. The van der Waals surface area contributed by atoms with E-state index in [4.69, 9.17) is 18.9 Å². The number of hydrazine groups is 1. The fraction of sp³-hybridized carbons (Fsp3) is 0.391. The van der Waals surface area contributed by atoms with Crippen LogP contribution in [0, 0.1) is 0 Å². The average molecular weight is 431 g/mol. The van der Waals surface area contributed by atoms with Crippen LogP contribution in [0.1, 0.15) is 53.8 Å². The number of benzene rings is 2. The van der Waals surface area contributed by atoms with Crippen LogP contribution in [0.25, 0.3) is 0 Å². The molecule has 0 saturated heterocycles. The fourth-order valence-electron chi connectivity index (χ4n) is 2.65. The fourth-order valence-corrected chi connectivity index (χ4v) is 2.65. The van der Waals surface area contributed by atoms with Gasteiger partial charge in [-0.15, -0.1) is 0 Å². The van der Waals surface area contributed by atoms with Gasteiger partial charge in [-0.25, -0.2) is 0 Å².